The van der Waals surface area contributed by atoms with Gasteiger partial charge < -0.3 is 48.2 Å². The van der Waals surface area contributed by atoms with Crippen LogP contribution in [0, 0.1) is 46.5 Å². The van der Waals surface area contributed by atoms with E-state index >= 15 is 8.78 Å². The van der Waals surface area contributed by atoms with Gasteiger partial charge >= 0.3 is 59.4 Å². The molecule has 13 aromatic rings. The van der Waals surface area contributed by atoms with Crippen LogP contribution in [0.5, 0.6) is 5.75 Å². The van der Waals surface area contributed by atoms with Crippen molar-refractivity contribution < 1.29 is 128 Å². The minimum absolute atomic E-state index is 0. The molecule has 0 spiro atoms. The number of carbonyl (C=O) groups is 6. The monoisotopic (exact) mass is 2020 g/mol. The number of aryl methyl sites for hydroxylation is 2. The number of carbonyl (C=O) groups excluding carboxylic acids is 4. The molecule has 2 aliphatic rings. The fourth-order valence-corrected chi connectivity index (χ4v) is 16.7. The number of nitrogens with zero attached hydrogens (tertiary/aromatic N) is 6. The van der Waals surface area contributed by atoms with Gasteiger partial charge in [0.1, 0.15) is 11.6 Å². The molecule has 19 nitrogen and oxygen atoms in total. The first-order valence-corrected chi connectivity index (χ1v) is 42.9. The fraction of sp³-hybridized carbons (Fsp3) is 0.239. The second kappa shape index (κ2) is 50.6. The summed E-state index contributed by atoms with van der Waals surface area (Å²) in [5.74, 6) is -9.64. The van der Waals surface area contributed by atoms with Crippen molar-refractivity contribution in [1.82, 2.24) is 28.7 Å². The zero-order valence-corrected chi connectivity index (χ0v) is 76.9. The predicted molar refractivity (Wildman–Crippen MR) is 488 cm³/mol. The van der Waals surface area contributed by atoms with Crippen molar-refractivity contribution in [3.63, 3.8) is 0 Å². The van der Waals surface area contributed by atoms with Crippen molar-refractivity contribution in [1.29, 1.82) is 0 Å². The number of ether oxygens (including phenoxy) is 4. The van der Waals surface area contributed by atoms with Gasteiger partial charge in [-0.3, -0.25) is 9.36 Å². The average Bonchev–Trinajstić information content (AvgIpc) is 1.57. The molecule has 0 bridgehead atoms. The molecular weight excluding hydrogens is 1930 g/mol. The van der Waals surface area contributed by atoms with E-state index in [0.717, 1.165) is 71.9 Å². The number of halogens is 12. The van der Waals surface area contributed by atoms with Crippen LogP contribution in [0.2, 0.25) is 10.0 Å². The molecule has 0 amide bonds. The summed E-state index contributed by atoms with van der Waals surface area (Å²) in [6.07, 6.45) is 10.7. The number of thiol groups is 1. The molecule has 2 fully saturated rings. The summed E-state index contributed by atoms with van der Waals surface area (Å²) in [5, 5.41) is 38.9. The molecular formula is C92H89Br2Cl2F8N6NaO13S4. The number of benzene rings is 9. The van der Waals surface area contributed by atoms with Crippen LogP contribution in [0.15, 0.2) is 221 Å². The maximum absolute atomic E-state index is 15.4. The Kier molecular flexibility index (Phi) is 43.1. The Morgan fingerprint density at radius 3 is 1.20 bits per heavy atom. The molecule has 2 N–H and O–H groups in total. The van der Waals surface area contributed by atoms with Gasteiger partial charge in [-0.2, -0.15) is 10.2 Å². The molecule has 674 valence electrons. The maximum atomic E-state index is 15.4. The number of rotatable bonds is 23. The van der Waals surface area contributed by atoms with E-state index in [-0.39, 0.29) is 147 Å². The molecule has 0 aliphatic heterocycles. The van der Waals surface area contributed by atoms with Crippen molar-refractivity contribution in [3.05, 3.63) is 298 Å². The first-order chi connectivity index (χ1) is 58.9. The minimum Gasteiger partial charge on any atom is -0.545 e. The largest absolute Gasteiger partial charge is 1.00 e. The van der Waals surface area contributed by atoms with Crippen LogP contribution >= 0.6 is 103 Å². The van der Waals surface area contributed by atoms with Gasteiger partial charge in [0.25, 0.3) is 0 Å². The molecule has 15 rings (SSSR count). The molecule has 0 radical (unpaired) electrons. The maximum Gasteiger partial charge on any atom is 1.00 e. The van der Waals surface area contributed by atoms with Crippen LogP contribution in [0.3, 0.4) is 0 Å². The van der Waals surface area contributed by atoms with Gasteiger partial charge in [0.15, 0.2) is 40.7 Å². The Balaban J connectivity index is 0.000000283. The summed E-state index contributed by atoms with van der Waals surface area (Å²) in [5.41, 5.74) is 3.39. The number of hydrogen-bond acceptors (Lipinski definition) is 17. The summed E-state index contributed by atoms with van der Waals surface area (Å²) in [4.78, 5) is 69.2. The second-order valence-electron chi connectivity index (χ2n) is 26.4. The molecule has 2 saturated carbocycles. The zero-order valence-electron chi connectivity index (χ0n) is 66.8. The van der Waals surface area contributed by atoms with Crippen LogP contribution in [0.25, 0.3) is 33.2 Å². The van der Waals surface area contributed by atoms with Crippen molar-refractivity contribution in [3.8, 4) is 17.1 Å². The van der Waals surface area contributed by atoms with Crippen LogP contribution in [0.4, 0.5) is 35.1 Å². The number of esters is 3. The van der Waals surface area contributed by atoms with E-state index in [9.17, 15) is 65.3 Å². The van der Waals surface area contributed by atoms with E-state index in [4.69, 9.17) is 37.8 Å². The zero-order chi connectivity index (χ0) is 89.2. The number of aromatic nitrogens is 6. The SMILES string of the molecule is C.C.C.C.CCOC(=O)c1cccc(Br)c1F.CCOC(=O)c1cccc(S)c1F.CCOC(=O)c1cccc(SCc2ccc(OC)cc2)c1F.CCn1cc(-n2c(C3CC3)c(Sc3cccc(C(=O)O)c3F)c3ccc(Cl)c(F)c32)cn1.CCn1cc(-n2c(C3CC3)c(Sc3cccc(C(=O)[O-])c3F)c3ccc(Cl)c(F)c32)cn1.O=C(O)c1cccc(Br)c1F.[Na+]. The van der Waals surface area contributed by atoms with Gasteiger partial charge in [0, 0.05) is 100 Å². The number of methoxy groups -OCH3 is 1. The predicted octanol–water partition coefficient (Wildman–Crippen LogP) is 22.9. The van der Waals surface area contributed by atoms with Crippen molar-refractivity contribution >= 4 is 161 Å². The standard InChI is InChI=1S/2C23H18ClF2N3O2S.C17H17FO3S.C9H8BrFO2.C9H9FO2S.C7H4BrFO2.4CH4.Na/c2*1-2-28-11-13(10-27-28)29-20(12-6-7-12)22(15-8-9-16(24)19(26)21(15)29)32-17-5-3-4-14(18(17)25)23(30)31;1-3-21-17(19)14-5-4-6-15(16(14)18)22-11-12-7-9-13(20-2)10-8-12;1-2-13-9(12)6-4-3-5-7(10)8(6)11;1-2-12-9(11)6-4-3-5-7(13)8(6)10;8-5-3-1-2-4(6(5)9)7(10)11;;;;;/h2*3-5,8-12H,2,6-7H2,1H3,(H,30,31);4-10H,3,11H2,1-2H3;3-5H,2H2,1H3;3-5,13H,2H2,1H3;1-3H,(H,10,11);4*1H4;/q;;;;;;;;;;+1/p-1. The van der Waals surface area contributed by atoms with Crippen molar-refractivity contribution in [2.75, 3.05) is 26.9 Å². The van der Waals surface area contributed by atoms with E-state index in [1.807, 2.05) is 59.6 Å². The first-order valence-electron chi connectivity index (χ1n) is 37.5. The summed E-state index contributed by atoms with van der Waals surface area (Å²) < 4.78 is 141. The number of thioether (sulfide) groups is 1. The normalized spacial score (nSPS) is 11.5. The number of carboxylic acid groups (broad SMARTS) is 3. The van der Waals surface area contributed by atoms with Gasteiger partial charge in [-0.25, -0.2) is 59.1 Å². The number of carboxylic acids is 3. The topological polar surface area (TPSA) is 248 Å². The molecule has 128 heavy (non-hydrogen) atoms. The Morgan fingerprint density at radius 1 is 0.477 bits per heavy atom. The van der Waals surface area contributed by atoms with Gasteiger partial charge in [-0.15, -0.1) is 24.4 Å². The minimum atomic E-state index is -1.58. The third-order valence-electron chi connectivity index (χ3n) is 18.3. The number of hydrogen-bond donors (Lipinski definition) is 3. The quantitative estimate of drug-likeness (QED) is 0.0134. The van der Waals surface area contributed by atoms with Crippen LogP contribution < -0.4 is 39.4 Å². The van der Waals surface area contributed by atoms with Crippen molar-refractivity contribution in [2.24, 2.45) is 0 Å². The molecule has 4 heterocycles. The summed E-state index contributed by atoms with van der Waals surface area (Å²) in [7, 11) is 1.61. The van der Waals surface area contributed by atoms with Crippen LogP contribution in [-0.4, -0.2) is 102 Å². The third kappa shape index (κ3) is 26.4. The Bertz CT molecular complexity index is 5830. The number of fused-ring (bicyclic) bond motifs is 2. The molecule has 9 aromatic carbocycles. The van der Waals surface area contributed by atoms with Gasteiger partial charge in [0.05, 0.1) is 115 Å². The molecule has 4 aromatic heterocycles. The van der Waals surface area contributed by atoms with Crippen LogP contribution in [-0.2, 0) is 33.1 Å². The molecule has 0 atom stereocenters. The van der Waals surface area contributed by atoms with E-state index < -0.39 is 93.5 Å². The summed E-state index contributed by atoms with van der Waals surface area (Å²) in [6, 6.07) is 40.2. The van der Waals surface area contributed by atoms with E-state index in [1.54, 1.807) is 86.0 Å². The summed E-state index contributed by atoms with van der Waals surface area (Å²) in [6.45, 7) is 11.0. The Hall–Kier alpha value is -9.52. The molecule has 2 aliphatic carbocycles. The van der Waals surface area contributed by atoms with Gasteiger partial charge in [-0.05, 0) is 201 Å². The van der Waals surface area contributed by atoms with E-state index in [1.165, 1.54) is 109 Å². The number of aromatic carboxylic acids is 3. The van der Waals surface area contributed by atoms with E-state index in [0.29, 0.717) is 66.7 Å². The molecule has 0 unspecified atom stereocenters. The second-order valence-corrected chi connectivity index (χ2v) is 32.5. The van der Waals surface area contributed by atoms with Gasteiger partial charge in [0.2, 0.25) is 0 Å². The van der Waals surface area contributed by atoms with Crippen molar-refractivity contribution in [2.45, 2.75) is 150 Å². The summed E-state index contributed by atoms with van der Waals surface area (Å²) >= 11 is 25.5. The smallest absolute Gasteiger partial charge is 0.545 e. The first kappa shape index (κ1) is 109. The molecule has 0 saturated heterocycles. The third-order valence-corrected chi connectivity index (χ3v) is 23.9. The average molecular weight is 2020 g/mol. The Morgan fingerprint density at radius 2 is 0.828 bits per heavy atom. The fourth-order valence-electron chi connectivity index (χ4n) is 12.1. The van der Waals surface area contributed by atoms with Gasteiger partial charge in [-0.1, -0.05) is 131 Å². The van der Waals surface area contributed by atoms with Crippen LogP contribution in [0.1, 0.15) is 181 Å². The Labute approximate surface area is 802 Å². The molecule has 36 heteroatoms. The van der Waals surface area contributed by atoms with E-state index in [2.05, 4.69) is 64.2 Å².